The Labute approximate surface area is 144 Å². The largest absolute Gasteiger partial charge is 0.491 e. The molecule has 1 aromatic heterocycles. The number of H-pyrrole nitrogens is 2. The number of carbonyl (C=O) groups excluding carboxylic acids is 1. The molecule has 11 heteroatoms. The first kappa shape index (κ1) is 19.1. The van der Waals surface area contributed by atoms with E-state index in [0.717, 1.165) is 12.1 Å². The van der Waals surface area contributed by atoms with Gasteiger partial charge in [-0.05, 0) is 19.1 Å². The molecule has 0 saturated carbocycles. The quantitative estimate of drug-likeness (QED) is 0.619. The standard InChI is InChI=1S/C15H15F3N4O4/c1-7(6-26-9-5-3-2-4-8(9)15(16,17)18)20-13(24)11-10(19)12(23)22-14(25)21-11/h2-5,7H,6,19H2,1H3,(H,20,24)(H2,21,22,23,25). The van der Waals surface area contributed by atoms with Crippen LogP contribution in [0.15, 0.2) is 33.9 Å². The Balaban J connectivity index is 2.07. The number of ether oxygens (including phenoxy) is 1. The molecule has 0 aliphatic carbocycles. The van der Waals surface area contributed by atoms with E-state index in [9.17, 15) is 27.6 Å². The van der Waals surface area contributed by atoms with Gasteiger partial charge in [0.25, 0.3) is 11.5 Å². The molecule has 0 fully saturated rings. The third-order valence-corrected chi connectivity index (χ3v) is 3.27. The highest BCUT2D eigenvalue weighted by Crippen LogP contribution is 2.35. The first-order valence-electron chi connectivity index (χ1n) is 7.31. The summed E-state index contributed by atoms with van der Waals surface area (Å²) in [4.78, 5) is 38.6. The average Bonchev–Trinajstić information content (AvgIpc) is 2.55. The zero-order chi connectivity index (χ0) is 19.5. The predicted octanol–water partition coefficient (Wildman–Crippen LogP) is 0.861. The van der Waals surface area contributed by atoms with Gasteiger partial charge in [-0.1, -0.05) is 12.1 Å². The van der Waals surface area contributed by atoms with Gasteiger partial charge in [-0.2, -0.15) is 13.2 Å². The number of amides is 1. The van der Waals surface area contributed by atoms with Crippen molar-refractivity contribution < 1.29 is 22.7 Å². The molecular formula is C15H15F3N4O4. The highest BCUT2D eigenvalue weighted by Gasteiger charge is 2.34. The summed E-state index contributed by atoms with van der Waals surface area (Å²) < 4.78 is 43.8. The predicted molar refractivity (Wildman–Crippen MR) is 86.0 cm³/mol. The number of alkyl halides is 3. The second-order valence-corrected chi connectivity index (χ2v) is 5.38. The van der Waals surface area contributed by atoms with Crippen molar-refractivity contribution in [3.8, 4) is 5.75 Å². The van der Waals surface area contributed by atoms with E-state index < -0.39 is 46.3 Å². The van der Waals surface area contributed by atoms with Gasteiger partial charge < -0.3 is 20.8 Å². The summed E-state index contributed by atoms with van der Waals surface area (Å²) in [6, 6.07) is 3.90. The van der Waals surface area contributed by atoms with Gasteiger partial charge in [-0.25, -0.2) is 4.79 Å². The number of aromatic nitrogens is 2. The fraction of sp³-hybridized carbons (Fsp3) is 0.267. The van der Waals surface area contributed by atoms with Crippen molar-refractivity contribution in [2.24, 2.45) is 0 Å². The lowest BCUT2D eigenvalue weighted by Crippen LogP contribution is -2.40. The van der Waals surface area contributed by atoms with Gasteiger partial charge in [0.05, 0.1) is 11.6 Å². The van der Waals surface area contributed by atoms with Crippen LogP contribution < -0.4 is 27.0 Å². The number of nitrogen functional groups attached to an aromatic ring is 1. The number of halogens is 3. The molecule has 0 radical (unpaired) electrons. The number of para-hydroxylation sites is 1. The molecular weight excluding hydrogens is 357 g/mol. The van der Waals surface area contributed by atoms with E-state index in [-0.39, 0.29) is 12.4 Å². The van der Waals surface area contributed by atoms with E-state index in [1.54, 1.807) is 0 Å². The molecule has 1 atom stereocenters. The summed E-state index contributed by atoms with van der Waals surface area (Å²) in [5.74, 6) is -1.25. The third-order valence-electron chi connectivity index (χ3n) is 3.27. The molecule has 2 rings (SSSR count). The fourth-order valence-electron chi connectivity index (χ4n) is 2.05. The lowest BCUT2D eigenvalue weighted by Gasteiger charge is -2.18. The van der Waals surface area contributed by atoms with Gasteiger partial charge in [-0.3, -0.25) is 14.6 Å². The molecule has 0 saturated heterocycles. The molecule has 1 aromatic carbocycles. The summed E-state index contributed by atoms with van der Waals surface area (Å²) in [6.07, 6.45) is -4.58. The number of benzene rings is 1. The number of anilines is 1. The molecule has 0 aliphatic heterocycles. The van der Waals surface area contributed by atoms with E-state index in [2.05, 4.69) is 10.3 Å². The molecule has 0 spiro atoms. The van der Waals surface area contributed by atoms with Gasteiger partial charge in [0, 0.05) is 0 Å². The van der Waals surface area contributed by atoms with Gasteiger partial charge in [-0.15, -0.1) is 0 Å². The van der Waals surface area contributed by atoms with Crippen molar-refractivity contribution in [2.45, 2.75) is 19.1 Å². The minimum Gasteiger partial charge on any atom is -0.491 e. The average molecular weight is 372 g/mol. The Morgan fingerprint density at radius 1 is 1.27 bits per heavy atom. The summed E-state index contributed by atoms with van der Waals surface area (Å²) in [5, 5.41) is 2.37. The normalized spacial score (nSPS) is 12.5. The van der Waals surface area contributed by atoms with Crippen LogP contribution in [0.25, 0.3) is 0 Å². The van der Waals surface area contributed by atoms with Crippen molar-refractivity contribution in [3.05, 3.63) is 56.4 Å². The van der Waals surface area contributed by atoms with Gasteiger partial charge in [0.1, 0.15) is 23.7 Å². The second-order valence-electron chi connectivity index (χ2n) is 5.38. The number of nitrogens with two attached hydrogens (primary N) is 1. The lowest BCUT2D eigenvalue weighted by molar-refractivity contribution is -0.139. The van der Waals surface area contributed by atoms with Crippen LogP contribution in [0.5, 0.6) is 5.75 Å². The molecule has 2 aromatic rings. The van der Waals surface area contributed by atoms with E-state index in [1.807, 2.05) is 4.98 Å². The van der Waals surface area contributed by atoms with Crippen LogP contribution in [0, 0.1) is 0 Å². The molecule has 0 aliphatic rings. The number of hydrogen-bond acceptors (Lipinski definition) is 5. The van der Waals surface area contributed by atoms with Crippen LogP contribution in [0.2, 0.25) is 0 Å². The van der Waals surface area contributed by atoms with Gasteiger partial charge in [0.15, 0.2) is 0 Å². The lowest BCUT2D eigenvalue weighted by atomic mass is 10.2. The van der Waals surface area contributed by atoms with Crippen LogP contribution in [-0.4, -0.2) is 28.5 Å². The monoisotopic (exact) mass is 372 g/mol. The number of carbonyl (C=O) groups is 1. The summed E-state index contributed by atoms with van der Waals surface area (Å²) in [7, 11) is 0. The Bertz CT molecular complexity index is 920. The Hall–Kier alpha value is -3.24. The van der Waals surface area contributed by atoms with E-state index >= 15 is 0 Å². The molecule has 1 heterocycles. The molecule has 8 nitrogen and oxygen atoms in total. The summed E-state index contributed by atoms with van der Waals surface area (Å²) in [6.45, 7) is 1.18. The van der Waals surface area contributed by atoms with E-state index in [1.165, 1.54) is 19.1 Å². The first-order valence-corrected chi connectivity index (χ1v) is 7.31. The maximum atomic E-state index is 12.9. The van der Waals surface area contributed by atoms with Crippen molar-refractivity contribution in [2.75, 3.05) is 12.3 Å². The number of hydrogen-bond donors (Lipinski definition) is 4. The zero-order valence-corrected chi connectivity index (χ0v) is 13.4. The SMILES string of the molecule is CC(COc1ccccc1C(F)(F)F)NC(=O)c1[nH]c(=O)[nH]c(=O)c1N. The number of rotatable bonds is 5. The Morgan fingerprint density at radius 3 is 2.58 bits per heavy atom. The maximum absolute atomic E-state index is 12.9. The number of aromatic amines is 2. The molecule has 140 valence electrons. The van der Waals surface area contributed by atoms with Crippen molar-refractivity contribution in [1.82, 2.24) is 15.3 Å². The van der Waals surface area contributed by atoms with Crippen LogP contribution in [0.1, 0.15) is 23.0 Å². The maximum Gasteiger partial charge on any atom is 0.419 e. The van der Waals surface area contributed by atoms with E-state index in [4.69, 9.17) is 10.5 Å². The summed E-state index contributed by atoms with van der Waals surface area (Å²) >= 11 is 0. The smallest absolute Gasteiger partial charge is 0.419 e. The minimum absolute atomic E-state index is 0.286. The third kappa shape index (κ3) is 4.43. The molecule has 1 unspecified atom stereocenters. The van der Waals surface area contributed by atoms with E-state index in [0.29, 0.717) is 0 Å². The molecule has 0 bridgehead atoms. The Kier molecular flexibility index (Phi) is 5.38. The topological polar surface area (TPSA) is 130 Å². The van der Waals surface area contributed by atoms with Gasteiger partial charge in [0.2, 0.25) is 0 Å². The van der Waals surface area contributed by atoms with Gasteiger partial charge >= 0.3 is 11.9 Å². The first-order chi connectivity index (χ1) is 12.1. The Morgan fingerprint density at radius 2 is 1.92 bits per heavy atom. The van der Waals surface area contributed by atoms with Crippen LogP contribution in [0.4, 0.5) is 18.9 Å². The van der Waals surface area contributed by atoms with Crippen molar-refractivity contribution >= 4 is 11.6 Å². The highest BCUT2D eigenvalue weighted by molar-refractivity contribution is 5.96. The number of nitrogens with one attached hydrogen (secondary N) is 3. The fourth-order valence-corrected chi connectivity index (χ4v) is 2.05. The molecule has 5 N–H and O–H groups in total. The minimum atomic E-state index is -4.58. The zero-order valence-electron chi connectivity index (χ0n) is 13.4. The molecule has 1 amide bonds. The summed E-state index contributed by atoms with van der Waals surface area (Å²) in [5.41, 5.74) is 1.71. The molecule has 26 heavy (non-hydrogen) atoms. The van der Waals surface area contributed by atoms with Crippen molar-refractivity contribution in [1.29, 1.82) is 0 Å². The van der Waals surface area contributed by atoms with Crippen molar-refractivity contribution in [3.63, 3.8) is 0 Å². The van der Waals surface area contributed by atoms with Crippen LogP contribution in [0.3, 0.4) is 0 Å². The van der Waals surface area contributed by atoms with Crippen LogP contribution >= 0.6 is 0 Å². The highest BCUT2D eigenvalue weighted by atomic mass is 19.4. The van der Waals surface area contributed by atoms with Crippen LogP contribution in [-0.2, 0) is 6.18 Å². The second kappa shape index (κ2) is 7.33.